The van der Waals surface area contributed by atoms with Crippen LogP contribution in [0.2, 0.25) is 0 Å². The smallest absolute Gasteiger partial charge is 0.240 e. The molecule has 4 aromatic rings. The maximum atomic E-state index is 12.6. The summed E-state index contributed by atoms with van der Waals surface area (Å²) in [4.78, 5) is 13.8. The molecule has 170 valence electrons. The van der Waals surface area contributed by atoms with E-state index in [0.717, 1.165) is 33.8 Å². The average Bonchev–Trinajstić information content (AvgIpc) is 3.50. The summed E-state index contributed by atoms with van der Waals surface area (Å²) in [5.41, 5.74) is 12.2. The maximum absolute atomic E-state index is 12.6. The van der Waals surface area contributed by atoms with Crippen LogP contribution in [0.5, 0.6) is 0 Å². The van der Waals surface area contributed by atoms with Gasteiger partial charge >= 0.3 is 0 Å². The SMILES string of the molecule is CSc1ccc(-c2nn(-c3ccccc3)cc2C2CC(c3ccc(N)cc3)=NN2C(C)=O)cc1. The summed E-state index contributed by atoms with van der Waals surface area (Å²) in [5.74, 6) is -0.105. The van der Waals surface area contributed by atoms with Gasteiger partial charge in [-0.3, -0.25) is 4.79 Å². The van der Waals surface area contributed by atoms with Crippen molar-refractivity contribution in [1.29, 1.82) is 0 Å². The van der Waals surface area contributed by atoms with Crippen molar-refractivity contribution >= 4 is 29.1 Å². The van der Waals surface area contributed by atoms with Crippen molar-refractivity contribution in [2.45, 2.75) is 24.3 Å². The second-order valence-corrected chi connectivity index (χ2v) is 9.07. The van der Waals surface area contributed by atoms with E-state index >= 15 is 0 Å². The predicted molar refractivity (Wildman–Crippen MR) is 138 cm³/mol. The first-order chi connectivity index (χ1) is 16.5. The van der Waals surface area contributed by atoms with Gasteiger partial charge in [0.15, 0.2) is 0 Å². The summed E-state index contributed by atoms with van der Waals surface area (Å²) in [7, 11) is 0. The second kappa shape index (κ2) is 9.19. The molecule has 0 saturated carbocycles. The molecule has 1 aliphatic heterocycles. The molecule has 7 heteroatoms. The zero-order valence-corrected chi connectivity index (χ0v) is 19.9. The van der Waals surface area contributed by atoms with Crippen molar-refractivity contribution in [2.75, 3.05) is 12.0 Å². The van der Waals surface area contributed by atoms with Gasteiger partial charge in [0, 0.05) is 41.3 Å². The fourth-order valence-electron chi connectivity index (χ4n) is 4.21. The molecule has 0 bridgehead atoms. The van der Waals surface area contributed by atoms with E-state index in [1.165, 1.54) is 4.90 Å². The molecule has 34 heavy (non-hydrogen) atoms. The highest BCUT2D eigenvalue weighted by Crippen LogP contribution is 2.38. The van der Waals surface area contributed by atoms with Gasteiger partial charge in [0.2, 0.25) is 5.91 Å². The van der Waals surface area contributed by atoms with Gasteiger partial charge in [-0.2, -0.15) is 10.2 Å². The number of hydrazone groups is 1. The van der Waals surface area contributed by atoms with Gasteiger partial charge in [-0.05, 0) is 48.2 Å². The van der Waals surface area contributed by atoms with Gasteiger partial charge in [-0.1, -0.05) is 42.5 Å². The lowest BCUT2D eigenvalue weighted by Gasteiger charge is -2.20. The molecular weight excluding hydrogens is 442 g/mol. The molecule has 5 rings (SSSR count). The molecule has 1 atom stereocenters. The molecule has 2 N–H and O–H groups in total. The van der Waals surface area contributed by atoms with Gasteiger partial charge < -0.3 is 5.73 Å². The molecule has 1 aromatic heterocycles. The Balaban J connectivity index is 1.60. The van der Waals surface area contributed by atoms with Crippen LogP contribution < -0.4 is 5.73 Å². The van der Waals surface area contributed by atoms with Crippen LogP contribution in [0, 0.1) is 0 Å². The van der Waals surface area contributed by atoms with Crippen LogP contribution in [0.25, 0.3) is 16.9 Å². The minimum Gasteiger partial charge on any atom is -0.399 e. The lowest BCUT2D eigenvalue weighted by Crippen LogP contribution is -2.24. The fourth-order valence-corrected chi connectivity index (χ4v) is 4.62. The summed E-state index contributed by atoms with van der Waals surface area (Å²) < 4.78 is 1.88. The number of aromatic nitrogens is 2. The van der Waals surface area contributed by atoms with Gasteiger partial charge in [-0.15, -0.1) is 11.8 Å². The zero-order valence-electron chi connectivity index (χ0n) is 19.1. The average molecular weight is 468 g/mol. The summed E-state index contributed by atoms with van der Waals surface area (Å²) in [6, 6.07) is 25.7. The normalized spacial score (nSPS) is 15.4. The first-order valence-electron chi connectivity index (χ1n) is 11.1. The van der Waals surface area contributed by atoms with Crippen LogP contribution in [0.15, 0.2) is 95.1 Å². The highest BCUT2D eigenvalue weighted by atomic mass is 32.2. The molecule has 1 aliphatic rings. The van der Waals surface area contributed by atoms with E-state index < -0.39 is 0 Å². The van der Waals surface area contributed by atoms with Gasteiger partial charge in [-0.25, -0.2) is 9.69 Å². The highest BCUT2D eigenvalue weighted by molar-refractivity contribution is 7.98. The van der Waals surface area contributed by atoms with Crippen LogP contribution >= 0.6 is 11.8 Å². The summed E-state index contributed by atoms with van der Waals surface area (Å²) in [6.07, 6.45) is 4.68. The first-order valence-corrected chi connectivity index (χ1v) is 12.3. The minimum atomic E-state index is -0.252. The van der Waals surface area contributed by atoms with Crippen LogP contribution in [0.4, 0.5) is 5.69 Å². The highest BCUT2D eigenvalue weighted by Gasteiger charge is 2.34. The summed E-state index contributed by atoms with van der Waals surface area (Å²) >= 11 is 1.70. The molecule has 6 nitrogen and oxygen atoms in total. The maximum Gasteiger partial charge on any atom is 0.240 e. The third-order valence-corrected chi connectivity index (χ3v) is 6.71. The number of carbonyl (C=O) groups is 1. The number of anilines is 1. The molecule has 3 aromatic carbocycles. The number of benzene rings is 3. The molecule has 1 amide bonds. The monoisotopic (exact) mass is 467 g/mol. The van der Waals surface area contributed by atoms with Crippen molar-refractivity contribution in [3.63, 3.8) is 0 Å². The van der Waals surface area contributed by atoms with Crippen molar-refractivity contribution in [3.8, 4) is 16.9 Å². The Morgan fingerprint density at radius 1 is 0.971 bits per heavy atom. The van der Waals surface area contributed by atoms with E-state index in [0.29, 0.717) is 12.1 Å². The Hall–Kier alpha value is -3.84. The van der Waals surface area contributed by atoms with Gasteiger partial charge in [0.25, 0.3) is 0 Å². The third-order valence-electron chi connectivity index (χ3n) is 5.96. The predicted octanol–water partition coefficient (Wildman–Crippen LogP) is 5.54. The van der Waals surface area contributed by atoms with Crippen LogP contribution in [-0.2, 0) is 4.79 Å². The lowest BCUT2D eigenvalue weighted by molar-refractivity contribution is -0.130. The number of hydrogen-bond acceptors (Lipinski definition) is 5. The second-order valence-electron chi connectivity index (χ2n) is 8.19. The minimum absolute atomic E-state index is 0.105. The molecular formula is C27H25N5OS. The fraction of sp³-hybridized carbons (Fsp3) is 0.148. The molecule has 0 saturated heterocycles. The van der Waals surface area contributed by atoms with Gasteiger partial charge in [0.1, 0.15) is 0 Å². The molecule has 0 radical (unpaired) electrons. The third kappa shape index (κ3) is 4.22. The van der Waals surface area contributed by atoms with E-state index in [1.807, 2.05) is 65.5 Å². The summed E-state index contributed by atoms with van der Waals surface area (Å²) in [6.45, 7) is 1.55. The number of thioether (sulfide) groups is 1. The number of hydrogen-bond donors (Lipinski definition) is 1. The number of para-hydroxylation sites is 1. The largest absolute Gasteiger partial charge is 0.399 e. The Labute approximate surface area is 203 Å². The van der Waals surface area contributed by atoms with E-state index in [9.17, 15) is 4.79 Å². The number of carbonyl (C=O) groups excluding carboxylic acids is 1. The van der Waals surface area contributed by atoms with Crippen LogP contribution in [-0.4, -0.2) is 32.7 Å². The Morgan fingerprint density at radius 2 is 1.65 bits per heavy atom. The number of nitrogens with two attached hydrogens (primary N) is 1. The zero-order chi connectivity index (χ0) is 23.7. The summed E-state index contributed by atoms with van der Waals surface area (Å²) in [5, 5.41) is 11.2. The molecule has 1 unspecified atom stereocenters. The molecule has 0 aliphatic carbocycles. The van der Waals surface area contributed by atoms with E-state index in [4.69, 9.17) is 15.9 Å². The van der Waals surface area contributed by atoms with E-state index in [-0.39, 0.29) is 11.9 Å². The Morgan fingerprint density at radius 3 is 2.29 bits per heavy atom. The lowest BCUT2D eigenvalue weighted by atomic mass is 9.96. The number of nitrogens with zero attached hydrogens (tertiary/aromatic N) is 4. The molecule has 2 heterocycles. The standard InChI is InChI=1S/C27H25N5OS/c1-18(33)32-26(16-25(29-32)19-8-12-21(28)13-9-19)24-17-31(22-6-4-3-5-7-22)30-27(24)20-10-14-23(34-2)15-11-20/h3-15,17,26H,16,28H2,1-2H3. The Bertz CT molecular complexity index is 1340. The van der Waals surface area contributed by atoms with Crippen molar-refractivity contribution in [1.82, 2.24) is 14.8 Å². The first kappa shape index (κ1) is 22.0. The molecule has 0 fully saturated rings. The van der Waals surface area contributed by atoms with Crippen LogP contribution in [0.3, 0.4) is 0 Å². The van der Waals surface area contributed by atoms with Crippen molar-refractivity contribution in [3.05, 3.63) is 96.2 Å². The number of amides is 1. The van der Waals surface area contributed by atoms with Crippen molar-refractivity contribution in [2.24, 2.45) is 5.10 Å². The molecule has 0 spiro atoms. The van der Waals surface area contributed by atoms with E-state index in [1.54, 1.807) is 23.7 Å². The van der Waals surface area contributed by atoms with Crippen molar-refractivity contribution < 1.29 is 4.79 Å². The Kier molecular flexibility index (Phi) is 5.94. The number of rotatable bonds is 5. The van der Waals surface area contributed by atoms with Crippen LogP contribution in [0.1, 0.15) is 30.5 Å². The van der Waals surface area contributed by atoms with Gasteiger partial charge in [0.05, 0.1) is 23.1 Å². The topological polar surface area (TPSA) is 76.5 Å². The van der Waals surface area contributed by atoms with E-state index in [2.05, 4.69) is 30.5 Å². The quantitative estimate of drug-likeness (QED) is 0.309. The number of nitrogen functional groups attached to an aromatic ring is 1.